The van der Waals surface area contributed by atoms with E-state index < -0.39 is 0 Å². The zero-order valence-electron chi connectivity index (χ0n) is 4.48. The first kappa shape index (κ1) is 5.06. The summed E-state index contributed by atoms with van der Waals surface area (Å²) in [5.74, 6) is 0. The van der Waals surface area contributed by atoms with E-state index in [1.54, 1.807) is 0 Å². The van der Waals surface area contributed by atoms with Crippen molar-refractivity contribution in [3.8, 4) is 0 Å². The van der Waals surface area contributed by atoms with Crippen LogP contribution in [0.5, 0.6) is 0 Å². The second-order valence-corrected chi connectivity index (χ2v) is 2.06. The van der Waals surface area contributed by atoms with Crippen LogP contribution >= 0.6 is 0 Å². The SMILES string of the molecule is NC1CCCCN1. The minimum atomic E-state index is 0.286. The Morgan fingerprint density at radius 2 is 2.29 bits per heavy atom. The van der Waals surface area contributed by atoms with Gasteiger partial charge in [-0.1, -0.05) is 0 Å². The van der Waals surface area contributed by atoms with Crippen LogP contribution in [0.4, 0.5) is 0 Å². The highest BCUT2D eigenvalue weighted by atomic mass is 15.0. The van der Waals surface area contributed by atoms with Crippen molar-refractivity contribution >= 4 is 0 Å². The number of nitrogens with one attached hydrogen (secondary N) is 1. The molecule has 3 N–H and O–H groups in total. The van der Waals surface area contributed by atoms with Crippen LogP contribution in [0.15, 0.2) is 0 Å². The van der Waals surface area contributed by atoms with Crippen LogP contribution in [0.25, 0.3) is 0 Å². The van der Waals surface area contributed by atoms with Gasteiger partial charge in [-0.05, 0) is 25.8 Å². The van der Waals surface area contributed by atoms with E-state index in [0.29, 0.717) is 0 Å². The first-order chi connectivity index (χ1) is 3.39. The van der Waals surface area contributed by atoms with Gasteiger partial charge in [0.25, 0.3) is 0 Å². The quantitative estimate of drug-likeness (QED) is 0.451. The van der Waals surface area contributed by atoms with E-state index in [1.165, 1.54) is 12.8 Å². The molecule has 42 valence electrons. The predicted octanol–water partition coefficient (Wildman–Crippen LogP) is 0.0447. The maximum absolute atomic E-state index is 5.52. The summed E-state index contributed by atoms with van der Waals surface area (Å²) in [5.41, 5.74) is 5.52. The number of hydrogen-bond acceptors (Lipinski definition) is 2. The normalized spacial score (nSPS) is 33.0. The van der Waals surface area contributed by atoms with E-state index >= 15 is 0 Å². The Hall–Kier alpha value is -0.0800. The molecule has 1 atom stereocenters. The Morgan fingerprint density at radius 1 is 1.43 bits per heavy atom. The average Bonchev–Trinajstić information content (AvgIpc) is 1.69. The van der Waals surface area contributed by atoms with Crippen molar-refractivity contribution in [2.24, 2.45) is 5.73 Å². The maximum Gasteiger partial charge on any atom is 0.0546 e. The van der Waals surface area contributed by atoms with Crippen molar-refractivity contribution in [3.05, 3.63) is 0 Å². The largest absolute Gasteiger partial charge is 0.316 e. The van der Waals surface area contributed by atoms with Crippen LogP contribution in [0.1, 0.15) is 19.3 Å². The third kappa shape index (κ3) is 1.45. The summed E-state index contributed by atoms with van der Waals surface area (Å²) in [6.45, 7) is 1.11. The van der Waals surface area contributed by atoms with E-state index in [0.717, 1.165) is 13.0 Å². The van der Waals surface area contributed by atoms with Gasteiger partial charge in [0.05, 0.1) is 6.17 Å². The Bertz CT molecular complexity index is 48.0. The second kappa shape index (κ2) is 2.28. The first-order valence-electron chi connectivity index (χ1n) is 2.88. The summed E-state index contributed by atoms with van der Waals surface area (Å²) >= 11 is 0. The highest BCUT2D eigenvalue weighted by Crippen LogP contribution is 2.00. The topological polar surface area (TPSA) is 38.0 Å². The maximum atomic E-state index is 5.52. The van der Waals surface area contributed by atoms with Gasteiger partial charge in [0.1, 0.15) is 0 Å². The third-order valence-corrected chi connectivity index (χ3v) is 1.35. The van der Waals surface area contributed by atoms with E-state index in [-0.39, 0.29) is 6.17 Å². The lowest BCUT2D eigenvalue weighted by atomic mass is 10.1. The Kier molecular flexibility index (Phi) is 1.65. The van der Waals surface area contributed by atoms with Gasteiger partial charge in [-0.15, -0.1) is 0 Å². The van der Waals surface area contributed by atoms with Gasteiger partial charge in [-0.2, -0.15) is 0 Å². The molecule has 0 aromatic carbocycles. The molecule has 0 spiro atoms. The van der Waals surface area contributed by atoms with Gasteiger partial charge < -0.3 is 11.1 Å². The Balaban J connectivity index is 2.12. The van der Waals surface area contributed by atoms with Crippen molar-refractivity contribution in [2.45, 2.75) is 25.4 Å². The minimum Gasteiger partial charge on any atom is -0.316 e. The molecule has 1 aliphatic rings. The summed E-state index contributed by atoms with van der Waals surface area (Å²) in [7, 11) is 0. The molecule has 0 amide bonds. The molecule has 0 aromatic rings. The first-order valence-corrected chi connectivity index (χ1v) is 2.88. The summed E-state index contributed by atoms with van der Waals surface area (Å²) in [5, 5.41) is 3.16. The summed E-state index contributed by atoms with van der Waals surface area (Å²) in [4.78, 5) is 0. The molecule has 1 aliphatic heterocycles. The zero-order chi connectivity index (χ0) is 5.11. The molecule has 0 saturated carbocycles. The molecule has 0 aromatic heterocycles. The van der Waals surface area contributed by atoms with Crippen molar-refractivity contribution in [1.29, 1.82) is 0 Å². The third-order valence-electron chi connectivity index (χ3n) is 1.35. The van der Waals surface area contributed by atoms with Crippen LogP contribution < -0.4 is 11.1 Å². The second-order valence-electron chi connectivity index (χ2n) is 2.06. The average molecular weight is 100 g/mol. The van der Waals surface area contributed by atoms with Gasteiger partial charge in [0.2, 0.25) is 0 Å². The summed E-state index contributed by atoms with van der Waals surface area (Å²) in [6, 6.07) is 0. The molecule has 2 heteroatoms. The molecule has 1 rings (SSSR count). The minimum absolute atomic E-state index is 0.286. The van der Waals surface area contributed by atoms with Crippen molar-refractivity contribution in [3.63, 3.8) is 0 Å². The molecular formula is C5H12N2. The molecule has 1 fully saturated rings. The van der Waals surface area contributed by atoms with Gasteiger partial charge in [0.15, 0.2) is 0 Å². The molecule has 1 unspecified atom stereocenters. The van der Waals surface area contributed by atoms with E-state index in [2.05, 4.69) is 5.32 Å². The van der Waals surface area contributed by atoms with E-state index in [9.17, 15) is 0 Å². The van der Waals surface area contributed by atoms with Gasteiger partial charge >= 0.3 is 0 Å². The number of nitrogens with two attached hydrogens (primary N) is 1. The monoisotopic (exact) mass is 100 g/mol. The number of rotatable bonds is 0. The predicted molar refractivity (Wildman–Crippen MR) is 29.8 cm³/mol. The lowest BCUT2D eigenvalue weighted by Crippen LogP contribution is -2.40. The fourth-order valence-corrected chi connectivity index (χ4v) is 0.879. The van der Waals surface area contributed by atoms with Crippen LogP contribution in [-0.2, 0) is 0 Å². The molecule has 0 bridgehead atoms. The smallest absolute Gasteiger partial charge is 0.0546 e. The van der Waals surface area contributed by atoms with Crippen LogP contribution in [-0.4, -0.2) is 12.7 Å². The fourth-order valence-electron chi connectivity index (χ4n) is 0.879. The molecule has 0 aliphatic carbocycles. The molecule has 0 radical (unpaired) electrons. The van der Waals surface area contributed by atoms with Crippen LogP contribution in [0.2, 0.25) is 0 Å². The summed E-state index contributed by atoms with van der Waals surface area (Å²) < 4.78 is 0. The fraction of sp³-hybridized carbons (Fsp3) is 1.00. The molecule has 7 heavy (non-hydrogen) atoms. The van der Waals surface area contributed by atoms with Crippen molar-refractivity contribution in [2.75, 3.05) is 6.54 Å². The number of piperidine rings is 1. The van der Waals surface area contributed by atoms with Gasteiger partial charge in [-0.3, -0.25) is 0 Å². The molecule has 1 heterocycles. The van der Waals surface area contributed by atoms with Gasteiger partial charge in [-0.25, -0.2) is 0 Å². The number of hydrogen-bond donors (Lipinski definition) is 2. The van der Waals surface area contributed by atoms with Crippen LogP contribution in [0, 0.1) is 0 Å². The summed E-state index contributed by atoms with van der Waals surface area (Å²) in [6.07, 6.45) is 4.04. The highest BCUT2D eigenvalue weighted by Gasteiger charge is 2.04. The lowest BCUT2D eigenvalue weighted by Gasteiger charge is -2.18. The zero-order valence-corrected chi connectivity index (χ0v) is 4.48. The Labute approximate surface area is 44.1 Å². The van der Waals surface area contributed by atoms with E-state index in [4.69, 9.17) is 5.73 Å². The van der Waals surface area contributed by atoms with Crippen molar-refractivity contribution in [1.82, 2.24) is 5.32 Å². The molecule has 1 saturated heterocycles. The Morgan fingerprint density at radius 3 is 2.57 bits per heavy atom. The van der Waals surface area contributed by atoms with Gasteiger partial charge in [0, 0.05) is 0 Å². The molecule has 2 nitrogen and oxygen atoms in total. The van der Waals surface area contributed by atoms with Crippen LogP contribution in [0.3, 0.4) is 0 Å². The standard InChI is InChI=1S/C5H12N2/c6-5-3-1-2-4-7-5/h5,7H,1-4,6H2. The van der Waals surface area contributed by atoms with Crippen molar-refractivity contribution < 1.29 is 0 Å². The highest BCUT2D eigenvalue weighted by molar-refractivity contribution is 4.64. The van der Waals surface area contributed by atoms with E-state index in [1.807, 2.05) is 0 Å². The lowest BCUT2D eigenvalue weighted by molar-refractivity contribution is 0.411. The molecular weight excluding hydrogens is 88.1 g/mol.